The molecular weight excluding hydrogens is 242 g/mol. The zero-order chi connectivity index (χ0) is 13.8. The van der Waals surface area contributed by atoms with E-state index in [1.807, 2.05) is 26.0 Å². The Kier molecular flexibility index (Phi) is 3.75. The number of rotatable bonds is 4. The van der Waals surface area contributed by atoms with Gasteiger partial charge in [0.25, 0.3) is 0 Å². The molecule has 0 radical (unpaired) electrons. The van der Waals surface area contributed by atoms with Crippen molar-refractivity contribution in [3.05, 3.63) is 53.0 Å². The Morgan fingerprint density at radius 1 is 1.32 bits per heavy atom. The van der Waals surface area contributed by atoms with E-state index in [2.05, 4.69) is 15.3 Å². The number of carboxylic acids is 1. The van der Waals surface area contributed by atoms with Crippen LogP contribution < -0.4 is 5.32 Å². The van der Waals surface area contributed by atoms with Crippen molar-refractivity contribution < 1.29 is 9.90 Å². The summed E-state index contributed by atoms with van der Waals surface area (Å²) in [5, 5.41) is 12.2. The monoisotopic (exact) mass is 257 g/mol. The Morgan fingerprint density at radius 2 is 2.11 bits per heavy atom. The quantitative estimate of drug-likeness (QED) is 0.879. The summed E-state index contributed by atoms with van der Waals surface area (Å²) in [4.78, 5) is 19.6. The van der Waals surface area contributed by atoms with Crippen molar-refractivity contribution in [2.24, 2.45) is 0 Å². The first kappa shape index (κ1) is 13.0. The molecule has 0 aliphatic heterocycles. The second-order valence-corrected chi connectivity index (χ2v) is 4.27. The molecule has 2 aromatic heterocycles. The lowest BCUT2D eigenvalue weighted by Crippen LogP contribution is -2.10. The molecule has 0 aromatic carbocycles. The van der Waals surface area contributed by atoms with Crippen molar-refractivity contribution in [1.29, 1.82) is 0 Å². The Hall–Kier alpha value is -2.43. The average molecular weight is 257 g/mol. The standard InChI is InChI=1S/C14H15N3O2/c1-9-4-3-7-15-12(9)8-16-13-11(14(18)19)6-5-10(2)17-13/h3-7H,8H2,1-2H3,(H,16,17)(H,18,19). The van der Waals surface area contributed by atoms with Crippen LogP contribution in [0.25, 0.3) is 0 Å². The van der Waals surface area contributed by atoms with Gasteiger partial charge in [0, 0.05) is 11.9 Å². The number of pyridine rings is 2. The van der Waals surface area contributed by atoms with Gasteiger partial charge in [0.05, 0.1) is 12.2 Å². The van der Waals surface area contributed by atoms with E-state index in [1.165, 1.54) is 0 Å². The Bertz CT molecular complexity index is 611. The van der Waals surface area contributed by atoms with Crippen LogP contribution in [0.5, 0.6) is 0 Å². The summed E-state index contributed by atoms with van der Waals surface area (Å²) in [5.74, 6) is -0.620. The van der Waals surface area contributed by atoms with Crippen molar-refractivity contribution in [3.63, 3.8) is 0 Å². The van der Waals surface area contributed by atoms with Gasteiger partial charge in [-0.2, -0.15) is 0 Å². The van der Waals surface area contributed by atoms with Crippen LogP contribution in [0, 0.1) is 13.8 Å². The van der Waals surface area contributed by atoms with Crippen LogP contribution >= 0.6 is 0 Å². The maximum atomic E-state index is 11.1. The maximum Gasteiger partial charge on any atom is 0.339 e. The fourth-order valence-electron chi connectivity index (χ4n) is 1.73. The lowest BCUT2D eigenvalue weighted by molar-refractivity contribution is 0.0697. The highest BCUT2D eigenvalue weighted by molar-refractivity contribution is 5.93. The van der Waals surface area contributed by atoms with Gasteiger partial charge in [0.2, 0.25) is 0 Å². The normalized spacial score (nSPS) is 10.2. The molecule has 0 spiro atoms. The molecule has 0 saturated heterocycles. The van der Waals surface area contributed by atoms with Crippen molar-refractivity contribution in [2.45, 2.75) is 20.4 Å². The number of aromatic nitrogens is 2. The fraction of sp³-hybridized carbons (Fsp3) is 0.214. The number of carboxylic acid groups (broad SMARTS) is 1. The second kappa shape index (κ2) is 5.48. The largest absolute Gasteiger partial charge is 0.478 e. The molecule has 0 bridgehead atoms. The van der Waals surface area contributed by atoms with Crippen LogP contribution in [-0.4, -0.2) is 21.0 Å². The van der Waals surface area contributed by atoms with E-state index in [1.54, 1.807) is 18.3 Å². The van der Waals surface area contributed by atoms with Gasteiger partial charge >= 0.3 is 5.97 Å². The first-order valence-electron chi connectivity index (χ1n) is 5.93. The van der Waals surface area contributed by atoms with Gasteiger partial charge in [-0.25, -0.2) is 9.78 Å². The summed E-state index contributed by atoms with van der Waals surface area (Å²) in [5.41, 5.74) is 2.87. The van der Waals surface area contributed by atoms with E-state index in [4.69, 9.17) is 5.11 Å². The molecule has 5 heteroatoms. The van der Waals surface area contributed by atoms with E-state index in [-0.39, 0.29) is 5.56 Å². The van der Waals surface area contributed by atoms with Crippen molar-refractivity contribution in [2.75, 3.05) is 5.32 Å². The van der Waals surface area contributed by atoms with Crippen molar-refractivity contribution >= 4 is 11.8 Å². The molecule has 2 heterocycles. The van der Waals surface area contributed by atoms with E-state index >= 15 is 0 Å². The number of hydrogen-bond acceptors (Lipinski definition) is 4. The lowest BCUT2D eigenvalue weighted by Gasteiger charge is -2.10. The first-order valence-corrected chi connectivity index (χ1v) is 5.93. The molecule has 0 atom stereocenters. The van der Waals surface area contributed by atoms with Crippen LogP contribution in [0.1, 0.15) is 27.3 Å². The zero-order valence-electron chi connectivity index (χ0n) is 10.8. The van der Waals surface area contributed by atoms with Gasteiger partial charge in [-0.05, 0) is 37.6 Å². The summed E-state index contributed by atoms with van der Waals surface area (Å²) >= 11 is 0. The minimum Gasteiger partial charge on any atom is -0.478 e. The molecule has 98 valence electrons. The predicted octanol–water partition coefficient (Wildman–Crippen LogP) is 2.40. The highest BCUT2D eigenvalue weighted by atomic mass is 16.4. The third-order valence-corrected chi connectivity index (χ3v) is 2.81. The van der Waals surface area contributed by atoms with Crippen molar-refractivity contribution in [1.82, 2.24) is 9.97 Å². The van der Waals surface area contributed by atoms with Crippen molar-refractivity contribution in [3.8, 4) is 0 Å². The lowest BCUT2D eigenvalue weighted by atomic mass is 10.2. The molecule has 0 aliphatic carbocycles. The van der Waals surface area contributed by atoms with Crippen LogP contribution in [0.2, 0.25) is 0 Å². The summed E-state index contributed by atoms with van der Waals surface area (Å²) in [6.07, 6.45) is 1.71. The van der Waals surface area contributed by atoms with Crippen LogP contribution in [0.4, 0.5) is 5.82 Å². The Balaban J connectivity index is 2.22. The van der Waals surface area contributed by atoms with Gasteiger partial charge in [0.15, 0.2) is 0 Å². The van der Waals surface area contributed by atoms with Crippen LogP contribution in [-0.2, 0) is 6.54 Å². The SMILES string of the molecule is Cc1ccc(C(=O)O)c(NCc2ncccc2C)n1. The average Bonchev–Trinajstić information content (AvgIpc) is 2.37. The number of nitrogens with one attached hydrogen (secondary N) is 1. The van der Waals surface area contributed by atoms with Gasteiger partial charge in [-0.1, -0.05) is 6.07 Å². The number of hydrogen-bond donors (Lipinski definition) is 2. The molecule has 0 unspecified atom stereocenters. The van der Waals surface area contributed by atoms with Gasteiger partial charge in [-0.15, -0.1) is 0 Å². The van der Waals surface area contributed by atoms with Gasteiger partial charge < -0.3 is 10.4 Å². The third-order valence-electron chi connectivity index (χ3n) is 2.81. The highest BCUT2D eigenvalue weighted by Gasteiger charge is 2.11. The summed E-state index contributed by atoms with van der Waals surface area (Å²) < 4.78 is 0. The molecule has 2 aromatic rings. The van der Waals surface area contributed by atoms with E-state index in [9.17, 15) is 4.79 Å². The second-order valence-electron chi connectivity index (χ2n) is 4.27. The molecule has 2 rings (SSSR count). The zero-order valence-corrected chi connectivity index (χ0v) is 10.8. The van der Waals surface area contributed by atoms with E-state index in [0.29, 0.717) is 12.4 Å². The smallest absolute Gasteiger partial charge is 0.339 e. The maximum absolute atomic E-state index is 11.1. The fourth-order valence-corrected chi connectivity index (χ4v) is 1.73. The molecular formula is C14H15N3O2. The third kappa shape index (κ3) is 3.07. The molecule has 0 saturated carbocycles. The minimum absolute atomic E-state index is 0.166. The first-order chi connectivity index (χ1) is 9.08. The summed E-state index contributed by atoms with van der Waals surface area (Å²) in [7, 11) is 0. The number of anilines is 1. The van der Waals surface area contributed by atoms with E-state index in [0.717, 1.165) is 17.0 Å². The number of aryl methyl sites for hydroxylation is 2. The Morgan fingerprint density at radius 3 is 2.79 bits per heavy atom. The number of nitrogens with zero attached hydrogens (tertiary/aromatic N) is 2. The number of aromatic carboxylic acids is 1. The topological polar surface area (TPSA) is 75.1 Å². The Labute approximate surface area is 111 Å². The van der Waals surface area contributed by atoms with Crippen LogP contribution in [0.15, 0.2) is 30.5 Å². The molecule has 19 heavy (non-hydrogen) atoms. The summed E-state index contributed by atoms with van der Waals surface area (Å²) in [6.45, 7) is 4.23. The van der Waals surface area contributed by atoms with Gasteiger partial charge in [-0.3, -0.25) is 4.98 Å². The summed E-state index contributed by atoms with van der Waals surface area (Å²) in [6, 6.07) is 7.07. The number of carbonyl (C=O) groups is 1. The minimum atomic E-state index is -0.993. The molecule has 0 amide bonds. The van der Waals surface area contributed by atoms with E-state index < -0.39 is 5.97 Å². The van der Waals surface area contributed by atoms with Gasteiger partial charge in [0.1, 0.15) is 11.4 Å². The predicted molar refractivity (Wildman–Crippen MR) is 72.2 cm³/mol. The molecule has 2 N–H and O–H groups in total. The molecule has 0 fully saturated rings. The van der Waals surface area contributed by atoms with Crippen LogP contribution in [0.3, 0.4) is 0 Å². The molecule has 0 aliphatic rings. The molecule has 5 nitrogen and oxygen atoms in total. The highest BCUT2D eigenvalue weighted by Crippen LogP contribution is 2.15.